The van der Waals surface area contributed by atoms with Crippen LogP contribution in [0.3, 0.4) is 0 Å². The molecule has 0 N–H and O–H groups in total. The van der Waals surface area contributed by atoms with E-state index in [0.29, 0.717) is 40.2 Å². The number of hydrogen-bond donors (Lipinski definition) is 0. The number of rotatable bonds is 8. The fraction of sp³-hybridized carbons (Fsp3) is 0.114. The van der Waals surface area contributed by atoms with Gasteiger partial charge in [0.25, 0.3) is 0 Å². The van der Waals surface area contributed by atoms with Crippen molar-refractivity contribution in [2.24, 2.45) is 0 Å². The lowest BCUT2D eigenvalue weighted by atomic mass is 10.0. The van der Waals surface area contributed by atoms with Gasteiger partial charge in [0.05, 0.1) is 24.2 Å². The number of benzene rings is 4. The average Bonchev–Trinajstić information content (AvgIpc) is 3.41. The van der Waals surface area contributed by atoms with E-state index in [0.717, 1.165) is 4.47 Å². The van der Waals surface area contributed by atoms with Gasteiger partial charge in [-0.05, 0) is 61.9 Å². The smallest absolute Gasteiger partial charge is 0.375 e. The minimum atomic E-state index is -0.783. The minimum Gasteiger partial charge on any atom is -0.494 e. The fourth-order valence-corrected chi connectivity index (χ4v) is 5.21. The van der Waals surface area contributed by atoms with E-state index in [1.54, 1.807) is 49.4 Å². The van der Waals surface area contributed by atoms with Crippen LogP contribution in [0.5, 0.6) is 11.5 Å². The van der Waals surface area contributed by atoms with Crippen LogP contribution in [0, 0.1) is 0 Å². The maximum absolute atomic E-state index is 13.8. The van der Waals surface area contributed by atoms with Crippen LogP contribution in [0.2, 0.25) is 0 Å². The van der Waals surface area contributed by atoms with Crippen LogP contribution in [0.4, 0.5) is 0 Å². The summed E-state index contributed by atoms with van der Waals surface area (Å²) < 4.78 is 29.6. The van der Waals surface area contributed by atoms with Gasteiger partial charge in [0.2, 0.25) is 11.2 Å². The Labute approximate surface area is 259 Å². The highest BCUT2D eigenvalue weighted by Crippen LogP contribution is 2.37. The number of ether oxygens (including phenoxy) is 3. The zero-order chi connectivity index (χ0) is 30.8. The molecule has 0 unspecified atom stereocenters. The zero-order valence-electron chi connectivity index (χ0n) is 23.7. The summed E-state index contributed by atoms with van der Waals surface area (Å²) in [6.45, 7) is 4.08. The molecule has 0 atom stereocenters. The number of halogens is 1. The molecule has 0 aliphatic rings. The normalized spacial score (nSPS) is 11.1. The predicted molar refractivity (Wildman–Crippen MR) is 169 cm³/mol. The molecule has 0 bridgehead atoms. The van der Waals surface area contributed by atoms with Crippen LogP contribution in [-0.4, -0.2) is 25.2 Å². The van der Waals surface area contributed by atoms with Crippen molar-refractivity contribution >= 4 is 49.8 Å². The summed E-state index contributed by atoms with van der Waals surface area (Å²) in [5.74, 6) is -0.688. The molecule has 0 spiro atoms. The van der Waals surface area contributed by atoms with Crippen LogP contribution in [0.1, 0.15) is 34.8 Å². The van der Waals surface area contributed by atoms with Crippen molar-refractivity contribution in [3.63, 3.8) is 0 Å². The summed E-state index contributed by atoms with van der Waals surface area (Å²) in [4.78, 5) is 40.4. The molecule has 9 heteroatoms. The van der Waals surface area contributed by atoms with E-state index in [9.17, 15) is 14.4 Å². The fourth-order valence-electron chi connectivity index (χ4n) is 4.94. The third kappa shape index (κ3) is 5.49. The first-order valence-electron chi connectivity index (χ1n) is 13.9. The third-order valence-electron chi connectivity index (χ3n) is 6.88. The summed E-state index contributed by atoms with van der Waals surface area (Å²) >= 11 is 3.38. The van der Waals surface area contributed by atoms with Crippen molar-refractivity contribution in [3.05, 3.63) is 117 Å². The maximum Gasteiger partial charge on any atom is 0.375 e. The van der Waals surface area contributed by atoms with Crippen LogP contribution in [0.15, 0.2) is 109 Å². The quantitative estimate of drug-likeness (QED) is 0.119. The molecule has 0 radical (unpaired) electrons. The Morgan fingerprint density at radius 3 is 2.20 bits per heavy atom. The van der Waals surface area contributed by atoms with Crippen LogP contribution in [-0.2, 0) is 4.74 Å². The molecule has 44 heavy (non-hydrogen) atoms. The molecule has 2 aromatic heterocycles. The van der Waals surface area contributed by atoms with E-state index in [4.69, 9.17) is 23.0 Å². The van der Waals surface area contributed by atoms with Crippen LogP contribution < -0.4 is 14.9 Å². The molecule has 4 aromatic carbocycles. The Hall–Kier alpha value is -5.15. The van der Waals surface area contributed by atoms with E-state index >= 15 is 0 Å². The highest BCUT2D eigenvalue weighted by molar-refractivity contribution is 9.10. The molecule has 220 valence electrons. The molecule has 6 rings (SSSR count). The Morgan fingerprint density at radius 1 is 0.727 bits per heavy atom. The van der Waals surface area contributed by atoms with E-state index < -0.39 is 17.4 Å². The lowest BCUT2D eigenvalue weighted by Gasteiger charge is -2.11. The molecule has 6 aromatic rings. The number of carbonyl (C=O) groups is 2. The standard InChI is InChI=1S/C35H25BrO8/c1-3-40-23-15-17-27-26(18-23)30(32(43-27)21-8-6-5-7-9-21)34(38)42-24-14-16-25-28(19-24)44-33(35(39)41-4-2)29(31(25)37)20-10-12-22(36)13-11-20/h5-19H,3-4H2,1-2H3. The van der Waals surface area contributed by atoms with Gasteiger partial charge in [-0.2, -0.15) is 0 Å². The van der Waals surface area contributed by atoms with Gasteiger partial charge in [0, 0.05) is 21.5 Å². The number of furan rings is 1. The number of carbonyl (C=O) groups excluding carboxylic acids is 2. The molecule has 0 saturated carbocycles. The van der Waals surface area contributed by atoms with Gasteiger partial charge in [-0.15, -0.1) is 0 Å². The van der Waals surface area contributed by atoms with Crippen molar-refractivity contribution in [2.45, 2.75) is 13.8 Å². The molecule has 2 heterocycles. The van der Waals surface area contributed by atoms with Crippen molar-refractivity contribution < 1.29 is 32.6 Å². The molecule has 0 aliphatic heterocycles. The van der Waals surface area contributed by atoms with E-state index in [1.165, 1.54) is 18.2 Å². The maximum atomic E-state index is 13.8. The van der Waals surface area contributed by atoms with Gasteiger partial charge in [0.1, 0.15) is 34.0 Å². The molecule has 0 aliphatic carbocycles. The van der Waals surface area contributed by atoms with E-state index in [1.807, 2.05) is 37.3 Å². The van der Waals surface area contributed by atoms with Crippen molar-refractivity contribution in [1.29, 1.82) is 0 Å². The molecular formula is C35H25BrO8. The topological polar surface area (TPSA) is 105 Å². The Bertz CT molecular complexity index is 2070. The Kier molecular flexibility index (Phi) is 8.04. The number of esters is 2. The monoisotopic (exact) mass is 652 g/mol. The molecule has 8 nitrogen and oxygen atoms in total. The highest BCUT2D eigenvalue weighted by atomic mass is 79.9. The summed E-state index contributed by atoms with van der Waals surface area (Å²) in [7, 11) is 0. The molecule has 0 amide bonds. The largest absolute Gasteiger partial charge is 0.494 e. The summed E-state index contributed by atoms with van der Waals surface area (Å²) in [6.07, 6.45) is 0. The summed E-state index contributed by atoms with van der Waals surface area (Å²) in [5, 5.41) is 0.728. The second kappa shape index (κ2) is 12.2. The lowest BCUT2D eigenvalue weighted by Crippen LogP contribution is -2.15. The Morgan fingerprint density at radius 2 is 1.48 bits per heavy atom. The van der Waals surface area contributed by atoms with Gasteiger partial charge in [-0.1, -0.05) is 58.4 Å². The van der Waals surface area contributed by atoms with Crippen LogP contribution >= 0.6 is 15.9 Å². The van der Waals surface area contributed by atoms with Gasteiger partial charge in [0.15, 0.2) is 0 Å². The first kappa shape index (κ1) is 28.9. The van der Waals surface area contributed by atoms with Crippen molar-refractivity contribution in [3.8, 4) is 33.9 Å². The number of fused-ring (bicyclic) bond motifs is 2. The predicted octanol–water partition coefficient (Wildman–Crippen LogP) is 8.43. The molecular weight excluding hydrogens is 628 g/mol. The van der Waals surface area contributed by atoms with Crippen molar-refractivity contribution in [2.75, 3.05) is 13.2 Å². The van der Waals surface area contributed by atoms with Gasteiger partial charge >= 0.3 is 11.9 Å². The summed E-state index contributed by atoms with van der Waals surface area (Å²) in [6, 6.07) is 25.8. The SMILES string of the molecule is CCOC(=O)c1oc2cc(OC(=O)c3c(-c4ccccc4)oc4ccc(OCC)cc34)ccc2c(=O)c1-c1ccc(Br)cc1. The second-order valence-electron chi connectivity index (χ2n) is 9.67. The first-order valence-corrected chi connectivity index (χ1v) is 14.7. The van der Waals surface area contributed by atoms with Gasteiger partial charge < -0.3 is 23.0 Å². The summed E-state index contributed by atoms with van der Waals surface area (Å²) in [5.41, 5.74) is 1.60. The molecule has 0 fully saturated rings. The van der Waals surface area contributed by atoms with Crippen molar-refractivity contribution in [1.82, 2.24) is 0 Å². The van der Waals surface area contributed by atoms with Gasteiger partial charge in [-0.25, -0.2) is 9.59 Å². The van der Waals surface area contributed by atoms with E-state index in [2.05, 4.69) is 15.9 Å². The number of hydrogen-bond acceptors (Lipinski definition) is 8. The lowest BCUT2D eigenvalue weighted by molar-refractivity contribution is 0.0491. The highest BCUT2D eigenvalue weighted by Gasteiger charge is 2.26. The van der Waals surface area contributed by atoms with Crippen LogP contribution in [0.25, 0.3) is 44.4 Å². The van der Waals surface area contributed by atoms with E-state index in [-0.39, 0.29) is 40.2 Å². The third-order valence-corrected chi connectivity index (χ3v) is 7.41. The first-order chi connectivity index (χ1) is 21.4. The second-order valence-corrected chi connectivity index (χ2v) is 10.6. The minimum absolute atomic E-state index is 0.0585. The zero-order valence-corrected chi connectivity index (χ0v) is 25.3. The molecule has 0 saturated heterocycles. The Balaban J connectivity index is 1.45. The van der Waals surface area contributed by atoms with Gasteiger partial charge in [-0.3, -0.25) is 4.79 Å². The average molecular weight is 653 g/mol.